The van der Waals surface area contributed by atoms with Crippen molar-refractivity contribution in [3.8, 4) is 0 Å². The lowest BCUT2D eigenvalue weighted by molar-refractivity contribution is -0.160. The molecule has 0 heterocycles. The Bertz CT molecular complexity index is 1780. The van der Waals surface area contributed by atoms with Gasteiger partial charge in [-0.05, 0) is 128 Å². The first-order chi connectivity index (χ1) is 36.4. The molecular formula is C57H103N5O16. The van der Waals surface area contributed by atoms with Crippen molar-refractivity contribution < 1.29 is 76.7 Å². The fourth-order valence-corrected chi connectivity index (χ4v) is 7.66. The number of alkyl carbamates (subject to hydrolysis) is 1. The normalized spacial score (nSPS) is 13.0. The van der Waals surface area contributed by atoms with Crippen LogP contribution in [0.15, 0.2) is 0 Å². The molecule has 0 saturated heterocycles. The van der Waals surface area contributed by atoms with Crippen molar-refractivity contribution in [2.75, 3.05) is 39.5 Å². The number of rotatable bonds is 42. The number of aliphatic carboxylic acids is 1. The first kappa shape index (κ1) is 73.0. The SMILES string of the molecule is CC(C)(C)OC(=O)CCCCCCCCCCCCCCCCC(=O)N[C@@H](CCC(=O)N[C@@H](CCC(=O)NC(CCCCNC(=O)OC(C)(C)C)C(=O)NCCOCCOCC(=O)O)C(=O)OC(C)(C)C)C(=O)OC(C)(C)C. The Balaban J connectivity index is 5.29. The van der Waals surface area contributed by atoms with Gasteiger partial charge in [0.2, 0.25) is 23.6 Å². The Hall–Kier alpha value is -5.05. The van der Waals surface area contributed by atoms with Gasteiger partial charge >= 0.3 is 30.0 Å². The van der Waals surface area contributed by atoms with Crippen LogP contribution in [0.3, 0.4) is 0 Å². The van der Waals surface area contributed by atoms with Crippen molar-refractivity contribution in [2.24, 2.45) is 0 Å². The molecule has 0 aromatic heterocycles. The van der Waals surface area contributed by atoms with Crippen LogP contribution < -0.4 is 26.6 Å². The lowest BCUT2D eigenvalue weighted by Crippen LogP contribution is -2.49. The monoisotopic (exact) mass is 1110 g/mol. The second-order valence-corrected chi connectivity index (χ2v) is 23.8. The predicted octanol–water partition coefficient (Wildman–Crippen LogP) is 8.20. The van der Waals surface area contributed by atoms with E-state index in [0.717, 1.165) is 44.9 Å². The quantitative estimate of drug-likeness (QED) is 0.0191. The molecule has 21 heteroatoms. The molecule has 21 nitrogen and oxygen atoms in total. The molecule has 0 radical (unpaired) electrons. The molecule has 6 N–H and O–H groups in total. The van der Waals surface area contributed by atoms with E-state index >= 15 is 0 Å². The zero-order valence-electron chi connectivity index (χ0n) is 49.8. The first-order valence-corrected chi connectivity index (χ1v) is 28.5. The van der Waals surface area contributed by atoms with Gasteiger partial charge in [0.15, 0.2) is 0 Å². The van der Waals surface area contributed by atoms with Gasteiger partial charge in [-0.2, -0.15) is 0 Å². The molecular weight excluding hydrogens is 1010 g/mol. The molecule has 0 bridgehead atoms. The number of unbranched alkanes of at least 4 members (excludes halogenated alkanes) is 14. The van der Waals surface area contributed by atoms with Gasteiger partial charge in [-0.1, -0.05) is 77.0 Å². The van der Waals surface area contributed by atoms with Gasteiger partial charge < -0.3 is 60.1 Å². The largest absolute Gasteiger partial charge is 0.480 e. The number of ether oxygens (including phenoxy) is 6. The molecule has 3 atom stereocenters. The standard InChI is InChI=1S/C57H103N5O16/c1-54(2,3)75-49(68)31-26-24-22-20-18-16-14-13-15-17-19-21-23-25-30-45(63)61-43(51(70)76-55(4,5)6)33-35-47(65)62-44(52(71)77-56(7,8)9)32-34-46(64)60-42(29-27-28-36-59-53(72)78-57(10,11)12)50(69)58-37-38-73-39-40-74-41-48(66)67/h42-44H,13-41H2,1-12H3,(H,58,69)(H,59,72)(H,60,64)(H,61,63)(H,62,65)(H,66,67)/t42?,43-,44-/m0/s1. The number of hydrogen-bond acceptors (Lipinski definition) is 15. The topological polar surface area (TPSA) is 289 Å². The zero-order chi connectivity index (χ0) is 59.2. The molecule has 0 fully saturated rings. The van der Waals surface area contributed by atoms with Crippen molar-refractivity contribution in [1.82, 2.24) is 26.6 Å². The molecule has 0 aromatic carbocycles. The smallest absolute Gasteiger partial charge is 0.407 e. The van der Waals surface area contributed by atoms with Crippen LogP contribution in [-0.4, -0.2) is 139 Å². The van der Waals surface area contributed by atoms with Crippen LogP contribution in [0.5, 0.6) is 0 Å². The minimum atomic E-state index is -1.29. The lowest BCUT2D eigenvalue weighted by atomic mass is 10.0. The molecule has 78 heavy (non-hydrogen) atoms. The Kier molecular flexibility index (Phi) is 37.6. The predicted molar refractivity (Wildman–Crippen MR) is 296 cm³/mol. The molecule has 0 aliphatic heterocycles. The highest BCUT2D eigenvalue weighted by atomic mass is 16.6. The Labute approximate surface area is 466 Å². The maximum absolute atomic E-state index is 13.5. The summed E-state index contributed by atoms with van der Waals surface area (Å²) >= 11 is 0. The third-order valence-corrected chi connectivity index (χ3v) is 11.2. The van der Waals surface area contributed by atoms with Crippen LogP contribution in [0.1, 0.15) is 231 Å². The fraction of sp³-hybridized carbons (Fsp3) is 0.842. The molecule has 1 unspecified atom stereocenters. The highest BCUT2D eigenvalue weighted by molar-refractivity contribution is 5.89. The van der Waals surface area contributed by atoms with Crippen molar-refractivity contribution in [2.45, 2.75) is 271 Å². The van der Waals surface area contributed by atoms with E-state index in [1.807, 2.05) is 20.8 Å². The van der Waals surface area contributed by atoms with Crippen LogP contribution in [-0.2, 0) is 66.8 Å². The molecule has 0 aliphatic carbocycles. The van der Waals surface area contributed by atoms with E-state index < -0.39 is 88.9 Å². The van der Waals surface area contributed by atoms with E-state index in [-0.39, 0.29) is 83.3 Å². The lowest BCUT2D eigenvalue weighted by Gasteiger charge is -2.26. The van der Waals surface area contributed by atoms with Crippen LogP contribution in [0.4, 0.5) is 4.79 Å². The Morgan fingerprint density at radius 1 is 0.385 bits per heavy atom. The highest BCUT2D eigenvalue weighted by Crippen LogP contribution is 2.18. The zero-order valence-corrected chi connectivity index (χ0v) is 49.8. The summed E-state index contributed by atoms with van der Waals surface area (Å²) < 4.78 is 32.1. The number of carboxylic acid groups (broad SMARTS) is 1. The third-order valence-electron chi connectivity index (χ3n) is 11.2. The molecule has 0 aromatic rings. The van der Waals surface area contributed by atoms with E-state index in [2.05, 4.69) is 26.6 Å². The van der Waals surface area contributed by atoms with Gasteiger partial charge in [0.05, 0.1) is 19.8 Å². The van der Waals surface area contributed by atoms with E-state index in [1.54, 1.807) is 62.3 Å². The van der Waals surface area contributed by atoms with Crippen molar-refractivity contribution in [3.05, 3.63) is 0 Å². The molecule has 0 spiro atoms. The second kappa shape index (κ2) is 40.2. The molecule has 5 amide bonds. The molecule has 0 saturated carbocycles. The van der Waals surface area contributed by atoms with E-state index in [9.17, 15) is 43.2 Å². The summed E-state index contributed by atoms with van der Waals surface area (Å²) in [6.45, 7) is 21.0. The summed E-state index contributed by atoms with van der Waals surface area (Å²) in [6.07, 6.45) is 15.2. The molecule has 0 aliphatic rings. The third kappa shape index (κ3) is 45.9. The summed E-state index contributed by atoms with van der Waals surface area (Å²) in [4.78, 5) is 115. The van der Waals surface area contributed by atoms with E-state index in [0.29, 0.717) is 25.7 Å². The van der Waals surface area contributed by atoms with Gasteiger partial charge in [0, 0.05) is 38.8 Å². The van der Waals surface area contributed by atoms with Crippen molar-refractivity contribution in [1.29, 1.82) is 0 Å². The maximum atomic E-state index is 13.5. The Morgan fingerprint density at radius 3 is 1.22 bits per heavy atom. The number of carboxylic acids is 1. The molecule has 0 rings (SSSR count). The number of amides is 5. The van der Waals surface area contributed by atoms with Gasteiger partial charge in [-0.3, -0.25) is 24.0 Å². The van der Waals surface area contributed by atoms with Crippen LogP contribution >= 0.6 is 0 Å². The van der Waals surface area contributed by atoms with E-state index in [1.165, 1.54) is 38.5 Å². The van der Waals surface area contributed by atoms with Crippen LogP contribution in [0.2, 0.25) is 0 Å². The maximum Gasteiger partial charge on any atom is 0.407 e. The Morgan fingerprint density at radius 2 is 0.782 bits per heavy atom. The van der Waals surface area contributed by atoms with Crippen molar-refractivity contribution in [3.63, 3.8) is 0 Å². The average molecular weight is 1110 g/mol. The number of carbonyl (C=O) groups is 9. The van der Waals surface area contributed by atoms with Crippen LogP contribution in [0.25, 0.3) is 0 Å². The number of nitrogens with one attached hydrogen (secondary N) is 5. The van der Waals surface area contributed by atoms with Crippen LogP contribution in [0, 0.1) is 0 Å². The van der Waals surface area contributed by atoms with Gasteiger partial charge in [-0.15, -0.1) is 0 Å². The minimum absolute atomic E-state index is 0.0414. The summed E-state index contributed by atoms with van der Waals surface area (Å²) in [7, 11) is 0. The highest BCUT2D eigenvalue weighted by Gasteiger charge is 2.31. The summed E-state index contributed by atoms with van der Waals surface area (Å²) in [5.41, 5.74) is -2.93. The second-order valence-electron chi connectivity index (χ2n) is 23.8. The summed E-state index contributed by atoms with van der Waals surface area (Å²) in [6, 6.07) is -3.44. The first-order valence-electron chi connectivity index (χ1n) is 28.5. The number of hydrogen-bond donors (Lipinski definition) is 6. The van der Waals surface area contributed by atoms with Gasteiger partial charge in [0.1, 0.15) is 47.1 Å². The minimum Gasteiger partial charge on any atom is -0.480 e. The van der Waals surface area contributed by atoms with Gasteiger partial charge in [0.25, 0.3) is 0 Å². The fourth-order valence-electron chi connectivity index (χ4n) is 7.66. The summed E-state index contributed by atoms with van der Waals surface area (Å²) in [5.74, 6) is -4.82. The van der Waals surface area contributed by atoms with Gasteiger partial charge in [-0.25, -0.2) is 19.2 Å². The number of carbonyl (C=O) groups excluding carboxylic acids is 8. The molecule has 452 valence electrons. The average Bonchev–Trinajstić information content (AvgIpc) is 3.29. The number of esters is 3. The summed E-state index contributed by atoms with van der Waals surface area (Å²) in [5, 5.41) is 22.2. The van der Waals surface area contributed by atoms with E-state index in [4.69, 9.17) is 33.5 Å². The van der Waals surface area contributed by atoms with Crippen molar-refractivity contribution >= 4 is 53.6 Å².